The molecule has 0 aliphatic rings. The third kappa shape index (κ3) is 5.24. The van der Waals surface area contributed by atoms with Crippen molar-refractivity contribution >= 4 is 11.9 Å². The Morgan fingerprint density at radius 2 is 2.00 bits per heavy atom. The minimum absolute atomic E-state index is 0.239. The Balaban J connectivity index is 4.53. The van der Waals surface area contributed by atoms with Gasteiger partial charge in [0.2, 0.25) is 5.96 Å². The molecule has 5 heteroatoms. The highest BCUT2D eigenvalue weighted by Crippen LogP contribution is 2.05. The fourth-order valence-corrected chi connectivity index (χ4v) is 1.30. The second-order valence-corrected chi connectivity index (χ2v) is 3.66. The molecule has 0 rings (SSSR count). The largest absolute Gasteiger partial charge is 0.369 e. The third-order valence-electron chi connectivity index (χ3n) is 2.40. The van der Waals surface area contributed by atoms with Gasteiger partial charge in [-0.1, -0.05) is 20.3 Å². The van der Waals surface area contributed by atoms with Gasteiger partial charge in [0.05, 0.1) is 0 Å². The van der Waals surface area contributed by atoms with Crippen molar-refractivity contribution in [3.05, 3.63) is 0 Å². The summed E-state index contributed by atoms with van der Waals surface area (Å²) in [6.45, 7) is 7.20. The van der Waals surface area contributed by atoms with Gasteiger partial charge in [0, 0.05) is 12.6 Å². The average Bonchev–Trinajstić information content (AvgIpc) is 2.16. The first-order valence-electron chi connectivity index (χ1n) is 5.47. The molecule has 0 fully saturated rings. The van der Waals surface area contributed by atoms with Crippen molar-refractivity contribution in [2.45, 2.75) is 46.1 Å². The molecule has 0 aromatic rings. The summed E-state index contributed by atoms with van der Waals surface area (Å²) in [4.78, 5) is 5.79. The molecule has 0 radical (unpaired) electrons. The molecular formula is C10H23N5. The fraction of sp³-hybridized carbons (Fsp3) is 0.800. The molecule has 0 aliphatic heterocycles. The van der Waals surface area contributed by atoms with Gasteiger partial charge in [-0.25, -0.2) is 0 Å². The Labute approximate surface area is 92.0 Å². The monoisotopic (exact) mass is 213 g/mol. The smallest absolute Gasteiger partial charge is 0.215 e. The second kappa shape index (κ2) is 7.09. The fourth-order valence-electron chi connectivity index (χ4n) is 1.30. The molecule has 0 saturated heterocycles. The molecule has 0 bridgehead atoms. The van der Waals surface area contributed by atoms with Gasteiger partial charge in [-0.2, -0.15) is 4.99 Å². The van der Waals surface area contributed by atoms with Crippen molar-refractivity contribution in [2.75, 3.05) is 6.54 Å². The van der Waals surface area contributed by atoms with Crippen LogP contribution in [0.2, 0.25) is 0 Å². The van der Waals surface area contributed by atoms with Gasteiger partial charge in [0.25, 0.3) is 0 Å². The minimum Gasteiger partial charge on any atom is -0.369 e. The average molecular weight is 213 g/mol. The summed E-state index contributed by atoms with van der Waals surface area (Å²) >= 11 is 0. The molecular weight excluding hydrogens is 190 g/mol. The predicted octanol–water partition coefficient (Wildman–Crippen LogP) is 1.10. The SMILES string of the molecule is CCCCN(/C(N)=N/C(=N)N)C(C)CC. The van der Waals surface area contributed by atoms with Gasteiger partial charge in [0.15, 0.2) is 5.96 Å². The number of aliphatic imine (C=N–C) groups is 1. The molecule has 1 atom stereocenters. The lowest BCUT2D eigenvalue weighted by molar-refractivity contribution is 0.314. The summed E-state index contributed by atoms with van der Waals surface area (Å²) in [5, 5.41) is 7.08. The van der Waals surface area contributed by atoms with Crippen molar-refractivity contribution in [3.8, 4) is 0 Å². The van der Waals surface area contributed by atoms with Crippen LogP contribution in [0.25, 0.3) is 0 Å². The standard InChI is InChI=1S/C10H23N5/c1-4-6-7-15(8(3)5-2)10(13)14-9(11)12/h8H,4-7H2,1-3H3,(H5,11,12,13,14). The van der Waals surface area contributed by atoms with Crippen molar-refractivity contribution in [2.24, 2.45) is 16.5 Å². The number of rotatable bonds is 5. The summed E-state index contributed by atoms with van der Waals surface area (Å²) in [5.74, 6) is 0.114. The lowest BCUT2D eigenvalue weighted by Gasteiger charge is -2.29. The minimum atomic E-state index is -0.239. The zero-order valence-electron chi connectivity index (χ0n) is 9.95. The summed E-state index contributed by atoms with van der Waals surface area (Å²) in [5.41, 5.74) is 11.0. The van der Waals surface area contributed by atoms with Crippen LogP contribution >= 0.6 is 0 Å². The van der Waals surface area contributed by atoms with Crippen molar-refractivity contribution < 1.29 is 0 Å². The van der Waals surface area contributed by atoms with E-state index in [0.717, 1.165) is 25.8 Å². The number of hydrogen-bond donors (Lipinski definition) is 3. The molecule has 5 N–H and O–H groups in total. The lowest BCUT2D eigenvalue weighted by Crippen LogP contribution is -2.44. The molecule has 1 unspecified atom stereocenters. The number of nitrogens with one attached hydrogen (secondary N) is 1. The number of nitrogens with two attached hydrogens (primary N) is 2. The molecule has 0 spiro atoms. The second-order valence-electron chi connectivity index (χ2n) is 3.66. The van der Waals surface area contributed by atoms with Crippen LogP contribution in [0.15, 0.2) is 4.99 Å². The van der Waals surface area contributed by atoms with E-state index >= 15 is 0 Å². The Kier molecular flexibility index (Phi) is 6.49. The van der Waals surface area contributed by atoms with Crippen molar-refractivity contribution in [3.63, 3.8) is 0 Å². The predicted molar refractivity (Wildman–Crippen MR) is 64.9 cm³/mol. The molecule has 0 amide bonds. The van der Waals surface area contributed by atoms with Gasteiger partial charge in [-0.05, 0) is 19.8 Å². The zero-order valence-corrected chi connectivity index (χ0v) is 9.95. The van der Waals surface area contributed by atoms with Crippen LogP contribution in [0.4, 0.5) is 0 Å². The van der Waals surface area contributed by atoms with Crippen LogP contribution in [0, 0.1) is 5.41 Å². The van der Waals surface area contributed by atoms with Crippen LogP contribution in [0.1, 0.15) is 40.0 Å². The van der Waals surface area contributed by atoms with Gasteiger partial charge in [-0.3, -0.25) is 5.41 Å². The number of nitrogens with zero attached hydrogens (tertiary/aromatic N) is 2. The summed E-state index contributed by atoms with van der Waals surface area (Å²) in [6, 6.07) is 0.333. The van der Waals surface area contributed by atoms with Crippen molar-refractivity contribution in [1.29, 1.82) is 5.41 Å². The zero-order chi connectivity index (χ0) is 11.8. The molecule has 0 saturated carbocycles. The first-order valence-corrected chi connectivity index (χ1v) is 5.47. The normalized spacial score (nSPS) is 13.7. The van der Waals surface area contributed by atoms with E-state index in [4.69, 9.17) is 16.9 Å². The van der Waals surface area contributed by atoms with Crippen LogP contribution in [0.5, 0.6) is 0 Å². The van der Waals surface area contributed by atoms with E-state index in [2.05, 4.69) is 25.8 Å². The van der Waals surface area contributed by atoms with Crippen LogP contribution in [-0.2, 0) is 0 Å². The van der Waals surface area contributed by atoms with Crippen molar-refractivity contribution in [1.82, 2.24) is 4.90 Å². The number of hydrogen-bond acceptors (Lipinski definition) is 1. The highest BCUT2D eigenvalue weighted by molar-refractivity contribution is 5.91. The molecule has 0 heterocycles. The molecule has 5 nitrogen and oxygen atoms in total. The Morgan fingerprint density at radius 1 is 1.40 bits per heavy atom. The summed E-state index contributed by atoms with van der Waals surface area (Å²) < 4.78 is 0. The Morgan fingerprint density at radius 3 is 2.40 bits per heavy atom. The van der Waals surface area contributed by atoms with E-state index in [9.17, 15) is 0 Å². The van der Waals surface area contributed by atoms with Gasteiger partial charge in [-0.15, -0.1) is 0 Å². The van der Waals surface area contributed by atoms with E-state index in [1.54, 1.807) is 0 Å². The van der Waals surface area contributed by atoms with Crippen LogP contribution < -0.4 is 11.5 Å². The maximum Gasteiger partial charge on any atom is 0.215 e. The van der Waals surface area contributed by atoms with Gasteiger partial charge in [0.1, 0.15) is 0 Å². The molecule has 0 aliphatic carbocycles. The van der Waals surface area contributed by atoms with E-state index in [1.807, 2.05) is 4.90 Å². The van der Waals surface area contributed by atoms with E-state index in [1.165, 1.54) is 0 Å². The first-order chi connectivity index (χ1) is 7.02. The number of guanidine groups is 2. The van der Waals surface area contributed by atoms with Gasteiger partial charge < -0.3 is 16.4 Å². The Hall–Kier alpha value is -1.26. The van der Waals surface area contributed by atoms with E-state index < -0.39 is 0 Å². The van der Waals surface area contributed by atoms with Crippen LogP contribution in [0.3, 0.4) is 0 Å². The molecule has 88 valence electrons. The highest BCUT2D eigenvalue weighted by Gasteiger charge is 2.13. The Bertz CT molecular complexity index is 224. The third-order valence-corrected chi connectivity index (χ3v) is 2.40. The van der Waals surface area contributed by atoms with E-state index in [-0.39, 0.29) is 5.96 Å². The highest BCUT2D eigenvalue weighted by atomic mass is 15.3. The quantitative estimate of drug-likeness (QED) is 0.471. The van der Waals surface area contributed by atoms with E-state index in [0.29, 0.717) is 12.0 Å². The maximum atomic E-state index is 7.08. The number of unbranched alkanes of at least 4 members (excludes halogenated alkanes) is 1. The summed E-state index contributed by atoms with van der Waals surface area (Å²) in [6.07, 6.45) is 3.18. The lowest BCUT2D eigenvalue weighted by atomic mass is 10.2. The summed E-state index contributed by atoms with van der Waals surface area (Å²) in [7, 11) is 0. The first kappa shape index (κ1) is 13.7. The van der Waals surface area contributed by atoms with Gasteiger partial charge >= 0.3 is 0 Å². The molecule has 0 aromatic heterocycles. The molecule has 0 aromatic carbocycles. The van der Waals surface area contributed by atoms with Crippen LogP contribution in [-0.4, -0.2) is 29.4 Å². The maximum absolute atomic E-state index is 7.08. The molecule has 15 heavy (non-hydrogen) atoms. The topological polar surface area (TPSA) is 91.5 Å².